The van der Waals surface area contributed by atoms with Crippen LogP contribution in [0.25, 0.3) is 10.9 Å². The molecule has 0 atom stereocenters. The highest BCUT2D eigenvalue weighted by molar-refractivity contribution is 5.84. The number of ether oxygens (including phenoxy) is 1. The molecule has 0 spiro atoms. The summed E-state index contributed by atoms with van der Waals surface area (Å²) in [4.78, 5) is 3.34. The summed E-state index contributed by atoms with van der Waals surface area (Å²) in [7, 11) is 1.76. The number of aromatic amines is 1. The van der Waals surface area contributed by atoms with Crippen LogP contribution in [0.3, 0.4) is 0 Å². The molecule has 0 unspecified atom stereocenters. The zero-order valence-electron chi connectivity index (χ0n) is 10.9. The number of hydrogen-bond acceptors (Lipinski definition) is 1. The van der Waals surface area contributed by atoms with E-state index in [0.29, 0.717) is 5.92 Å². The molecule has 1 aromatic heterocycles. The number of rotatable bonds is 5. The summed E-state index contributed by atoms with van der Waals surface area (Å²) >= 11 is 0. The maximum atomic E-state index is 5.10. The van der Waals surface area contributed by atoms with Crippen LogP contribution in [-0.2, 0) is 11.2 Å². The van der Waals surface area contributed by atoms with Crippen molar-refractivity contribution in [1.82, 2.24) is 4.98 Å². The van der Waals surface area contributed by atoms with Gasteiger partial charge < -0.3 is 9.72 Å². The van der Waals surface area contributed by atoms with E-state index in [2.05, 4.69) is 43.2 Å². The van der Waals surface area contributed by atoms with Crippen LogP contribution < -0.4 is 0 Å². The molecule has 2 heteroatoms. The lowest BCUT2D eigenvalue weighted by Crippen LogP contribution is -1.92. The Labute approximate surface area is 103 Å². The van der Waals surface area contributed by atoms with E-state index >= 15 is 0 Å². The minimum atomic E-state index is 0.584. The second-order valence-electron chi connectivity index (χ2n) is 4.87. The highest BCUT2D eigenvalue weighted by Crippen LogP contribution is 2.24. The molecule has 0 saturated carbocycles. The second-order valence-corrected chi connectivity index (χ2v) is 4.87. The quantitative estimate of drug-likeness (QED) is 0.776. The molecule has 1 heterocycles. The van der Waals surface area contributed by atoms with E-state index in [1.807, 2.05) is 0 Å². The van der Waals surface area contributed by atoms with Crippen molar-refractivity contribution in [2.45, 2.75) is 32.6 Å². The van der Waals surface area contributed by atoms with Crippen molar-refractivity contribution in [1.29, 1.82) is 0 Å². The summed E-state index contributed by atoms with van der Waals surface area (Å²) in [6, 6.07) is 6.71. The van der Waals surface area contributed by atoms with Crippen LogP contribution >= 0.6 is 0 Å². The summed E-state index contributed by atoms with van der Waals surface area (Å²) in [5.74, 6) is 0.584. The van der Waals surface area contributed by atoms with Gasteiger partial charge in [0.05, 0.1) is 0 Å². The van der Waals surface area contributed by atoms with Crippen LogP contribution in [0.1, 0.15) is 37.3 Å². The molecule has 1 N–H and O–H groups in total. The van der Waals surface area contributed by atoms with Crippen molar-refractivity contribution in [3.63, 3.8) is 0 Å². The first-order valence-electron chi connectivity index (χ1n) is 6.31. The van der Waals surface area contributed by atoms with Gasteiger partial charge in [-0.05, 0) is 42.0 Å². The lowest BCUT2D eigenvalue weighted by atomic mass is 9.99. The first kappa shape index (κ1) is 12.2. The van der Waals surface area contributed by atoms with Gasteiger partial charge >= 0.3 is 0 Å². The number of benzene rings is 1. The molecule has 0 radical (unpaired) electrons. The Hall–Kier alpha value is -1.28. The third-order valence-corrected chi connectivity index (χ3v) is 3.25. The lowest BCUT2D eigenvalue weighted by molar-refractivity contribution is 0.195. The summed E-state index contributed by atoms with van der Waals surface area (Å²) in [6.07, 6.45) is 4.29. The highest BCUT2D eigenvalue weighted by atomic mass is 16.5. The number of methoxy groups -OCH3 is 1. The van der Waals surface area contributed by atoms with Gasteiger partial charge in [0.25, 0.3) is 0 Å². The van der Waals surface area contributed by atoms with Gasteiger partial charge in [0.1, 0.15) is 0 Å². The molecular formula is C15H21NO. The Morgan fingerprint density at radius 1 is 1.29 bits per heavy atom. The number of H-pyrrole nitrogens is 1. The van der Waals surface area contributed by atoms with Crippen LogP contribution in [0.2, 0.25) is 0 Å². The Morgan fingerprint density at radius 3 is 2.82 bits per heavy atom. The molecular weight excluding hydrogens is 210 g/mol. The van der Waals surface area contributed by atoms with E-state index in [0.717, 1.165) is 19.4 Å². The molecule has 0 aliphatic carbocycles. The van der Waals surface area contributed by atoms with E-state index in [-0.39, 0.29) is 0 Å². The van der Waals surface area contributed by atoms with Crippen molar-refractivity contribution in [3.8, 4) is 0 Å². The molecule has 0 aliphatic heterocycles. The predicted molar refractivity (Wildman–Crippen MR) is 72.6 cm³/mol. The fourth-order valence-electron chi connectivity index (χ4n) is 2.17. The van der Waals surface area contributed by atoms with Crippen molar-refractivity contribution in [3.05, 3.63) is 35.5 Å². The zero-order chi connectivity index (χ0) is 12.3. The SMILES string of the molecule is COCCCc1c[nH]c2ccc(C(C)C)cc12. The minimum Gasteiger partial charge on any atom is -0.385 e. The monoisotopic (exact) mass is 231 g/mol. The maximum absolute atomic E-state index is 5.10. The minimum absolute atomic E-state index is 0.584. The smallest absolute Gasteiger partial charge is 0.0465 e. The topological polar surface area (TPSA) is 25.0 Å². The van der Waals surface area contributed by atoms with Crippen molar-refractivity contribution in [2.24, 2.45) is 0 Å². The Morgan fingerprint density at radius 2 is 2.12 bits per heavy atom. The lowest BCUT2D eigenvalue weighted by Gasteiger charge is -2.06. The van der Waals surface area contributed by atoms with E-state index in [9.17, 15) is 0 Å². The molecule has 2 aromatic rings. The average molecular weight is 231 g/mol. The van der Waals surface area contributed by atoms with Gasteiger partial charge in [-0.2, -0.15) is 0 Å². The first-order valence-corrected chi connectivity index (χ1v) is 6.31. The van der Waals surface area contributed by atoms with Gasteiger partial charge in [-0.25, -0.2) is 0 Å². The number of aryl methyl sites for hydroxylation is 1. The summed E-state index contributed by atoms with van der Waals surface area (Å²) in [5, 5.41) is 1.37. The van der Waals surface area contributed by atoms with Crippen LogP contribution in [0, 0.1) is 0 Å². The molecule has 0 aliphatic rings. The van der Waals surface area contributed by atoms with E-state index in [4.69, 9.17) is 4.74 Å². The summed E-state index contributed by atoms with van der Waals surface area (Å²) in [5.41, 5.74) is 4.05. The third-order valence-electron chi connectivity index (χ3n) is 3.25. The maximum Gasteiger partial charge on any atom is 0.0465 e. The van der Waals surface area contributed by atoms with Gasteiger partial charge in [-0.3, -0.25) is 0 Å². The standard InChI is InChI=1S/C15H21NO/c1-11(2)12-6-7-15-14(9-12)13(10-16-15)5-4-8-17-3/h6-7,9-11,16H,4-5,8H2,1-3H3. The number of fused-ring (bicyclic) bond motifs is 1. The Bertz CT molecular complexity index is 485. The van der Waals surface area contributed by atoms with Gasteiger partial charge in [0.2, 0.25) is 0 Å². The first-order chi connectivity index (χ1) is 8.22. The Kier molecular flexibility index (Phi) is 3.85. The number of aromatic nitrogens is 1. The molecule has 17 heavy (non-hydrogen) atoms. The van der Waals surface area contributed by atoms with Crippen molar-refractivity contribution >= 4 is 10.9 Å². The Balaban J connectivity index is 2.26. The third kappa shape index (κ3) is 2.70. The van der Waals surface area contributed by atoms with E-state index < -0.39 is 0 Å². The predicted octanol–water partition coefficient (Wildman–Crippen LogP) is 3.87. The average Bonchev–Trinajstić information content (AvgIpc) is 2.72. The molecule has 2 nitrogen and oxygen atoms in total. The van der Waals surface area contributed by atoms with Gasteiger partial charge in [-0.15, -0.1) is 0 Å². The fourth-order valence-corrected chi connectivity index (χ4v) is 2.17. The molecule has 0 bridgehead atoms. The van der Waals surface area contributed by atoms with Crippen LogP contribution in [0.15, 0.2) is 24.4 Å². The molecule has 0 saturated heterocycles. The molecule has 2 rings (SSSR count). The number of nitrogens with one attached hydrogen (secondary N) is 1. The van der Waals surface area contributed by atoms with E-state index in [1.54, 1.807) is 7.11 Å². The molecule has 1 aromatic carbocycles. The van der Waals surface area contributed by atoms with Crippen molar-refractivity contribution < 1.29 is 4.74 Å². The van der Waals surface area contributed by atoms with Gasteiger partial charge in [0, 0.05) is 30.8 Å². The largest absolute Gasteiger partial charge is 0.385 e. The summed E-state index contributed by atoms with van der Waals surface area (Å²) in [6.45, 7) is 5.30. The van der Waals surface area contributed by atoms with Crippen molar-refractivity contribution in [2.75, 3.05) is 13.7 Å². The van der Waals surface area contributed by atoms with Gasteiger partial charge in [-0.1, -0.05) is 19.9 Å². The molecule has 0 fully saturated rings. The van der Waals surface area contributed by atoms with Crippen LogP contribution in [0.5, 0.6) is 0 Å². The highest BCUT2D eigenvalue weighted by Gasteiger charge is 2.06. The second kappa shape index (κ2) is 5.37. The number of hydrogen-bond donors (Lipinski definition) is 1. The zero-order valence-corrected chi connectivity index (χ0v) is 10.9. The fraction of sp³-hybridized carbons (Fsp3) is 0.467. The molecule has 92 valence electrons. The van der Waals surface area contributed by atoms with Crippen LogP contribution in [-0.4, -0.2) is 18.7 Å². The molecule has 0 amide bonds. The van der Waals surface area contributed by atoms with Crippen LogP contribution in [0.4, 0.5) is 0 Å². The summed E-state index contributed by atoms with van der Waals surface area (Å²) < 4.78 is 5.10. The van der Waals surface area contributed by atoms with Gasteiger partial charge in [0.15, 0.2) is 0 Å². The normalized spacial score (nSPS) is 11.5. The van der Waals surface area contributed by atoms with E-state index in [1.165, 1.54) is 22.0 Å².